The minimum Gasteiger partial charge on any atom is -0.453 e. The van der Waals surface area contributed by atoms with Crippen LogP contribution in [0, 0.1) is 18.1 Å². The fraction of sp³-hybridized carbons (Fsp3) is 0.125. The van der Waals surface area contributed by atoms with Gasteiger partial charge in [0.05, 0.1) is 19.3 Å². The Labute approximate surface area is 68.6 Å². The van der Waals surface area contributed by atoms with Gasteiger partial charge in [-0.3, -0.25) is 0 Å². The van der Waals surface area contributed by atoms with Crippen molar-refractivity contribution in [3.8, 4) is 11.8 Å². The van der Waals surface area contributed by atoms with Crippen LogP contribution in [0.1, 0.15) is 0 Å². The smallest absolute Gasteiger partial charge is 0.0853 e. The third-order valence-corrected chi connectivity index (χ3v) is 1.21. The normalized spacial score (nSPS) is 11.0. The first-order chi connectivity index (χ1) is 5.16. The molecule has 0 rings (SSSR count). The number of rotatable bonds is 2. The summed E-state index contributed by atoms with van der Waals surface area (Å²) in [6, 6.07) is 0. The predicted octanol–water partition coefficient (Wildman–Crippen LogP) is 1.20. The van der Waals surface area contributed by atoms with Crippen molar-refractivity contribution in [3.05, 3.63) is 18.9 Å². The maximum Gasteiger partial charge on any atom is 0.0853 e. The van der Waals surface area contributed by atoms with Gasteiger partial charge < -0.3 is 10.7 Å². The quantitative estimate of drug-likeness (QED) is 0.216. The summed E-state index contributed by atoms with van der Waals surface area (Å²) < 4.78 is 0. The Bertz CT molecular complexity index is 243. The highest BCUT2D eigenvalue weighted by Gasteiger charge is 1.82. The highest BCUT2D eigenvalue weighted by Crippen LogP contribution is 2.17. The van der Waals surface area contributed by atoms with Gasteiger partial charge in [0.1, 0.15) is 0 Å². The molecule has 3 heteroatoms. The second-order valence-corrected chi connectivity index (χ2v) is 3.61. The molecule has 0 spiro atoms. The lowest BCUT2D eigenvalue weighted by atomic mass is 10.5. The number of hydrogen-bond acceptors (Lipinski definition) is 1. The molecule has 0 saturated carbocycles. The Kier molecular flexibility index (Phi) is 4.98. The number of nitrogens with zero attached hydrogens (tertiary/aromatic N) is 1. The predicted molar refractivity (Wildman–Crippen MR) is 53.9 cm³/mol. The lowest BCUT2D eigenvalue weighted by Crippen LogP contribution is -2.07. The largest absolute Gasteiger partial charge is 0.453 e. The molecule has 11 heavy (non-hydrogen) atoms. The van der Waals surface area contributed by atoms with Crippen LogP contribution in [0.4, 0.5) is 0 Å². The van der Waals surface area contributed by atoms with Crippen LogP contribution in [0.15, 0.2) is 17.6 Å². The third kappa shape index (κ3) is 6.70. The fourth-order valence-electron chi connectivity index (χ4n) is 0.318. The highest BCUT2D eigenvalue weighted by molar-refractivity contribution is 7.57. The van der Waals surface area contributed by atoms with Crippen LogP contribution in [-0.2, 0) is 0 Å². The molecule has 0 bridgehead atoms. The molecule has 0 aliphatic heterocycles. The zero-order valence-corrected chi connectivity index (χ0v) is 7.44. The maximum atomic E-state index is 5.39. The standard InChI is InChI=1S/C8H11N2P/c1-4-5-6-8(9)10-7-11(2)3/h4,7H,1-2H2,3H3,(H2,9,10). The van der Waals surface area contributed by atoms with Crippen LogP contribution in [0.5, 0.6) is 0 Å². The van der Waals surface area contributed by atoms with E-state index in [-0.39, 0.29) is 7.55 Å². The molecule has 0 aliphatic rings. The molecule has 0 fully saturated rings. The van der Waals surface area contributed by atoms with Crippen LogP contribution in [0.25, 0.3) is 0 Å². The Hall–Kier alpha value is -1.19. The molecule has 1 unspecified atom stereocenters. The fourth-order valence-corrected chi connectivity index (χ4v) is 0.640. The molecule has 2 N–H and O–H groups in total. The number of allylic oxidation sites excluding steroid dienone is 1. The van der Waals surface area contributed by atoms with Crippen molar-refractivity contribution in [1.82, 2.24) is 0 Å². The van der Waals surface area contributed by atoms with E-state index in [0.29, 0.717) is 5.84 Å². The second-order valence-electron chi connectivity index (χ2n) is 1.86. The lowest BCUT2D eigenvalue weighted by molar-refractivity contribution is 1.49. The average Bonchev–Trinajstić information content (AvgIpc) is 1.97. The van der Waals surface area contributed by atoms with Crippen molar-refractivity contribution in [2.45, 2.75) is 0 Å². The van der Waals surface area contributed by atoms with Crippen molar-refractivity contribution in [2.24, 2.45) is 10.7 Å². The zero-order chi connectivity index (χ0) is 8.69. The molecule has 0 radical (unpaired) electrons. The maximum absolute atomic E-state index is 5.39. The summed E-state index contributed by atoms with van der Waals surface area (Å²) in [5, 5.41) is 0. The summed E-state index contributed by atoms with van der Waals surface area (Å²) in [5.74, 6) is 5.50. The minimum absolute atomic E-state index is 0.308. The summed E-state index contributed by atoms with van der Waals surface area (Å²) >= 11 is 0. The SMILES string of the molecule is C=CC#CC(N)=N[CH-][P+](=C)C. The lowest BCUT2D eigenvalue weighted by Gasteiger charge is -1.95. The molecule has 0 heterocycles. The van der Waals surface area contributed by atoms with Crippen LogP contribution in [0.2, 0.25) is 0 Å². The zero-order valence-electron chi connectivity index (χ0n) is 6.54. The Balaban J connectivity index is 4.00. The van der Waals surface area contributed by atoms with Gasteiger partial charge in [0, 0.05) is 13.4 Å². The van der Waals surface area contributed by atoms with E-state index in [1.54, 1.807) is 6.29 Å². The summed E-state index contributed by atoms with van der Waals surface area (Å²) in [5.41, 5.74) is 5.39. The van der Waals surface area contributed by atoms with Gasteiger partial charge in [0.2, 0.25) is 0 Å². The van der Waals surface area contributed by atoms with Gasteiger partial charge in [-0.1, -0.05) is 12.5 Å². The van der Waals surface area contributed by atoms with Crippen molar-refractivity contribution in [2.75, 3.05) is 6.66 Å². The molecule has 2 nitrogen and oxygen atoms in total. The van der Waals surface area contributed by atoms with E-state index >= 15 is 0 Å². The number of nitrogens with two attached hydrogens (primary N) is 1. The van der Waals surface area contributed by atoms with E-state index in [0.717, 1.165) is 0 Å². The third-order valence-electron chi connectivity index (χ3n) is 0.696. The van der Waals surface area contributed by atoms with Gasteiger partial charge in [-0.05, 0) is 6.08 Å². The minimum atomic E-state index is -0.384. The van der Waals surface area contributed by atoms with Gasteiger partial charge in [-0.2, -0.15) is 0 Å². The van der Waals surface area contributed by atoms with E-state index in [1.807, 2.05) is 6.66 Å². The van der Waals surface area contributed by atoms with Crippen molar-refractivity contribution < 1.29 is 0 Å². The molecule has 0 aliphatic carbocycles. The van der Waals surface area contributed by atoms with Crippen LogP contribution in [-0.4, -0.2) is 18.8 Å². The summed E-state index contributed by atoms with van der Waals surface area (Å²) in [6.07, 6.45) is 6.95. The molecule has 58 valence electrons. The van der Waals surface area contributed by atoms with Crippen molar-refractivity contribution >= 4 is 19.7 Å². The van der Waals surface area contributed by atoms with Gasteiger partial charge in [0.15, 0.2) is 0 Å². The Morgan fingerprint density at radius 1 is 1.82 bits per heavy atom. The van der Waals surface area contributed by atoms with Gasteiger partial charge in [-0.15, -0.1) is 5.92 Å². The molecule has 0 aromatic rings. The van der Waals surface area contributed by atoms with Crippen LogP contribution in [0.3, 0.4) is 0 Å². The first-order valence-corrected chi connectivity index (χ1v) is 5.03. The van der Waals surface area contributed by atoms with Crippen molar-refractivity contribution in [3.63, 3.8) is 0 Å². The van der Waals surface area contributed by atoms with E-state index in [1.165, 1.54) is 6.08 Å². The first-order valence-electron chi connectivity index (χ1n) is 2.99. The summed E-state index contributed by atoms with van der Waals surface area (Å²) in [7, 11) is -0.384. The molecule has 1 atom stereocenters. The molecule has 0 amide bonds. The van der Waals surface area contributed by atoms with Gasteiger partial charge >= 0.3 is 0 Å². The first kappa shape index (κ1) is 9.81. The molecular formula is C8H11N2P. The molecule has 0 aromatic carbocycles. The van der Waals surface area contributed by atoms with Crippen LogP contribution < -0.4 is 5.73 Å². The summed E-state index contributed by atoms with van der Waals surface area (Å²) in [6.45, 7) is 5.40. The Morgan fingerprint density at radius 2 is 2.45 bits per heavy atom. The average molecular weight is 166 g/mol. The molecule has 0 saturated heterocycles. The molecule has 0 aromatic heterocycles. The number of aliphatic imine (C=N–C) groups is 1. The van der Waals surface area contributed by atoms with Gasteiger partial charge in [-0.25, -0.2) is 0 Å². The second kappa shape index (κ2) is 5.58. The topological polar surface area (TPSA) is 38.4 Å². The van der Waals surface area contributed by atoms with E-state index in [2.05, 4.69) is 29.7 Å². The molecular weight excluding hydrogens is 155 g/mol. The monoisotopic (exact) mass is 166 g/mol. The van der Waals surface area contributed by atoms with Gasteiger partial charge in [0.25, 0.3) is 0 Å². The van der Waals surface area contributed by atoms with Crippen molar-refractivity contribution in [1.29, 1.82) is 0 Å². The van der Waals surface area contributed by atoms with Crippen LogP contribution >= 0.6 is 7.55 Å². The summed E-state index contributed by atoms with van der Waals surface area (Å²) in [4.78, 5) is 3.88. The van der Waals surface area contributed by atoms with E-state index < -0.39 is 0 Å². The Morgan fingerprint density at radius 3 is 2.91 bits per heavy atom. The highest BCUT2D eigenvalue weighted by atomic mass is 31.1. The van der Waals surface area contributed by atoms with E-state index in [4.69, 9.17) is 5.73 Å². The number of hydrogen-bond donors (Lipinski definition) is 1. The van der Waals surface area contributed by atoms with E-state index in [9.17, 15) is 0 Å². The number of amidine groups is 1.